The minimum atomic E-state index is -0.418. The molecule has 0 saturated heterocycles. The van der Waals surface area contributed by atoms with Crippen LogP contribution in [0.25, 0.3) is 0 Å². The minimum absolute atomic E-state index is 0.0194. The highest BCUT2D eigenvalue weighted by molar-refractivity contribution is 9.10. The number of benzene rings is 2. The summed E-state index contributed by atoms with van der Waals surface area (Å²) < 4.78 is 0.982. The number of halogens is 1. The summed E-state index contributed by atoms with van der Waals surface area (Å²) in [5.74, 6) is -0.00989. The Morgan fingerprint density at radius 2 is 1.67 bits per heavy atom. The maximum absolute atomic E-state index is 12.7. The lowest BCUT2D eigenvalue weighted by atomic mass is 9.95. The molecule has 2 aromatic carbocycles. The molecule has 2 aromatic rings. The van der Waals surface area contributed by atoms with E-state index < -0.39 is 5.41 Å². The molecule has 0 atom stereocenters. The summed E-state index contributed by atoms with van der Waals surface area (Å²) in [5, 5.41) is 5.78. The lowest BCUT2D eigenvalue weighted by Crippen LogP contribution is -2.27. The molecule has 3 rings (SSSR count). The summed E-state index contributed by atoms with van der Waals surface area (Å²) in [7, 11) is 0. The fourth-order valence-corrected chi connectivity index (χ4v) is 3.09. The summed E-state index contributed by atoms with van der Waals surface area (Å²) in [6.07, 6.45) is 2.16. The first-order chi connectivity index (χ1) is 11.5. The average Bonchev–Trinajstić information content (AvgIpc) is 3.38. The highest BCUT2D eigenvalue weighted by Crippen LogP contribution is 2.49. The van der Waals surface area contributed by atoms with Crippen LogP contribution in [0.5, 0.6) is 0 Å². The number of carbonyl (C=O) groups excluding carboxylic acids is 2. The van der Waals surface area contributed by atoms with Gasteiger partial charge in [-0.1, -0.05) is 35.0 Å². The second-order valence-electron chi connectivity index (χ2n) is 6.03. The van der Waals surface area contributed by atoms with Crippen LogP contribution in [0, 0.1) is 0 Å². The van der Waals surface area contributed by atoms with Crippen molar-refractivity contribution in [2.45, 2.75) is 31.6 Å². The normalized spacial score (nSPS) is 14.8. The van der Waals surface area contributed by atoms with Crippen molar-refractivity contribution in [3.8, 4) is 0 Å². The molecule has 1 aliphatic carbocycles. The van der Waals surface area contributed by atoms with E-state index >= 15 is 0 Å². The Bertz CT molecular complexity index is 767. The molecule has 0 heterocycles. The molecule has 0 aromatic heterocycles. The summed E-state index contributed by atoms with van der Waals surface area (Å²) in [6, 6.07) is 15.1. The van der Waals surface area contributed by atoms with Crippen molar-refractivity contribution in [1.29, 1.82) is 0 Å². The second kappa shape index (κ2) is 6.77. The first kappa shape index (κ1) is 16.7. The Hall–Kier alpha value is -2.14. The van der Waals surface area contributed by atoms with Gasteiger partial charge in [0.25, 0.3) is 0 Å². The van der Waals surface area contributed by atoms with Gasteiger partial charge in [-0.05, 0) is 54.8 Å². The van der Waals surface area contributed by atoms with Crippen LogP contribution in [0.3, 0.4) is 0 Å². The van der Waals surface area contributed by atoms with Crippen LogP contribution in [-0.4, -0.2) is 11.8 Å². The highest BCUT2D eigenvalue weighted by atomic mass is 79.9. The van der Waals surface area contributed by atoms with Crippen molar-refractivity contribution in [3.05, 3.63) is 58.6 Å². The number of anilines is 2. The summed E-state index contributed by atoms with van der Waals surface area (Å²) in [6.45, 7) is 1.81. The Morgan fingerprint density at radius 3 is 2.21 bits per heavy atom. The van der Waals surface area contributed by atoms with Crippen molar-refractivity contribution in [3.63, 3.8) is 0 Å². The summed E-state index contributed by atoms with van der Waals surface area (Å²) in [5.41, 5.74) is 2.09. The Kier molecular flexibility index (Phi) is 4.71. The van der Waals surface area contributed by atoms with Crippen molar-refractivity contribution in [2.24, 2.45) is 0 Å². The third-order valence-corrected chi connectivity index (χ3v) is 4.80. The smallest absolute Gasteiger partial charge is 0.235 e. The monoisotopic (exact) mass is 386 g/mol. The Morgan fingerprint density at radius 1 is 1.04 bits per heavy atom. The minimum Gasteiger partial charge on any atom is -0.326 e. The number of nitrogens with one attached hydrogen (secondary N) is 2. The van der Waals surface area contributed by atoms with Gasteiger partial charge in [0, 0.05) is 22.3 Å². The van der Waals surface area contributed by atoms with Gasteiger partial charge in [-0.3, -0.25) is 9.59 Å². The van der Waals surface area contributed by atoms with Crippen LogP contribution in [0.15, 0.2) is 53.0 Å². The summed E-state index contributed by atoms with van der Waals surface area (Å²) >= 11 is 3.47. The van der Waals surface area contributed by atoms with E-state index in [4.69, 9.17) is 0 Å². The highest BCUT2D eigenvalue weighted by Gasteiger charge is 2.51. The molecule has 4 nitrogen and oxygen atoms in total. The molecule has 1 saturated carbocycles. The molecule has 0 unspecified atom stereocenters. The van der Waals surface area contributed by atoms with Gasteiger partial charge in [-0.25, -0.2) is 0 Å². The van der Waals surface area contributed by atoms with Crippen molar-refractivity contribution >= 4 is 39.1 Å². The van der Waals surface area contributed by atoms with E-state index in [0.29, 0.717) is 6.42 Å². The largest absolute Gasteiger partial charge is 0.326 e. The zero-order valence-electron chi connectivity index (χ0n) is 13.4. The van der Waals surface area contributed by atoms with Gasteiger partial charge >= 0.3 is 0 Å². The van der Waals surface area contributed by atoms with E-state index in [-0.39, 0.29) is 11.8 Å². The van der Waals surface area contributed by atoms with Crippen LogP contribution in [0.2, 0.25) is 0 Å². The van der Waals surface area contributed by atoms with Crippen LogP contribution in [0.1, 0.15) is 31.7 Å². The Labute approximate surface area is 149 Å². The van der Waals surface area contributed by atoms with E-state index in [2.05, 4.69) is 26.6 Å². The zero-order valence-corrected chi connectivity index (χ0v) is 15.0. The quantitative estimate of drug-likeness (QED) is 0.796. The van der Waals surface area contributed by atoms with Gasteiger partial charge in [0.15, 0.2) is 0 Å². The molecular formula is C19H19BrN2O2. The van der Waals surface area contributed by atoms with Gasteiger partial charge in [-0.15, -0.1) is 0 Å². The molecule has 1 aliphatic rings. The molecule has 24 heavy (non-hydrogen) atoms. The van der Waals surface area contributed by atoms with Crippen molar-refractivity contribution in [1.82, 2.24) is 0 Å². The van der Waals surface area contributed by atoms with E-state index in [0.717, 1.165) is 34.3 Å². The molecule has 1 fully saturated rings. The summed E-state index contributed by atoms with van der Waals surface area (Å²) in [4.78, 5) is 24.1. The lowest BCUT2D eigenvalue weighted by Gasteiger charge is -2.16. The van der Waals surface area contributed by atoms with Crippen molar-refractivity contribution < 1.29 is 9.59 Å². The molecule has 2 amide bonds. The van der Waals surface area contributed by atoms with Crippen LogP contribution in [-0.2, 0) is 15.0 Å². The fourth-order valence-electron chi connectivity index (χ4n) is 2.69. The van der Waals surface area contributed by atoms with Gasteiger partial charge < -0.3 is 10.6 Å². The number of hydrogen-bond donors (Lipinski definition) is 2. The molecule has 0 bridgehead atoms. The molecular weight excluding hydrogens is 368 g/mol. The predicted octanol–water partition coefficient (Wildman–Crippen LogP) is 4.47. The molecule has 5 heteroatoms. The number of rotatable bonds is 5. The number of amides is 2. The standard InChI is InChI=1S/C19H19BrN2O2/c1-2-17(23)21-15-6-8-16(9-7-15)22-18(24)19(10-11-19)13-4-3-5-14(20)12-13/h3-9,12H,2,10-11H2,1H3,(H,21,23)(H,22,24). The Balaban J connectivity index is 1.70. The number of carbonyl (C=O) groups is 2. The number of hydrogen-bond acceptors (Lipinski definition) is 2. The molecule has 2 N–H and O–H groups in total. The third kappa shape index (κ3) is 3.51. The molecule has 124 valence electrons. The van der Waals surface area contributed by atoms with Gasteiger partial charge in [0.05, 0.1) is 5.41 Å². The second-order valence-corrected chi connectivity index (χ2v) is 6.94. The average molecular weight is 387 g/mol. The van der Waals surface area contributed by atoms with Gasteiger partial charge in [0.2, 0.25) is 11.8 Å². The SMILES string of the molecule is CCC(=O)Nc1ccc(NC(=O)C2(c3cccc(Br)c3)CC2)cc1. The van der Waals surface area contributed by atoms with Crippen LogP contribution in [0.4, 0.5) is 11.4 Å². The van der Waals surface area contributed by atoms with Crippen LogP contribution < -0.4 is 10.6 Å². The maximum Gasteiger partial charge on any atom is 0.235 e. The fraction of sp³-hybridized carbons (Fsp3) is 0.263. The zero-order chi connectivity index (χ0) is 17.2. The van der Waals surface area contributed by atoms with Crippen LogP contribution >= 0.6 is 15.9 Å². The predicted molar refractivity (Wildman–Crippen MR) is 99.0 cm³/mol. The third-order valence-electron chi connectivity index (χ3n) is 4.31. The maximum atomic E-state index is 12.7. The molecule has 0 aliphatic heterocycles. The lowest BCUT2D eigenvalue weighted by molar-refractivity contribution is -0.118. The molecule has 0 radical (unpaired) electrons. The van der Waals surface area contributed by atoms with E-state index in [1.54, 1.807) is 31.2 Å². The van der Waals surface area contributed by atoms with E-state index in [9.17, 15) is 9.59 Å². The first-order valence-electron chi connectivity index (χ1n) is 8.01. The van der Waals surface area contributed by atoms with E-state index in [1.165, 1.54) is 0 Å². The van der Waals surface area contributed by atoms with E-state index in [1.807, 2.05) is 24.3 Å². The first-order valence-corrected chi connectivity index (χ1v) is 8.80. The molecule has 0 spiro atoms. The van der Waals surface area contributed by atoms with Gasteiger partial charge in [-0.2, -0.15) is 0 Å². The topological polar surface area (TPSA) is 58.2 Å². The van der Waals surface area contributed by atoms with Crippen molar-refractivity contribution in [2.75, 3.05) is 10.6 Å². The van der Waals surface area contributed by atoms with Gasteiger partial charge in [0.1, 0.15) is 0 Å².